The van der Waals surface area contributed by atoms with Gasteiger partial charge in [0.25, 0.3) is 0 Å². The van der Waals surface area contributed by atoms with E-state index in [9.17, 15) is 4.39 Å². The van der Waals surface area contributed by atoms with Gasteiger partial charge < -0.3 is 9.57 Å². The number of ether oxygens (including phenoxy) is 1. The third-order valence-electron chi connectivity index (χ3n) is 4.53. The Labute approximate surface area is 163 Å². The minimum Gasteiger partial charge on any atom is -0.396 e. The van der Waals surface area contributed by atoms with Crippen molar-refractivity contribution in [3.05, 3.63) is 62.6 Å². The number of fused-ring (bicyclic) bond motifs is 1. The Hall–Kier alpha value is -2.24. The minimum atomic E-state index is -0.217. The van der Waals surface area contributed by atoms with Crippen LogP contribution < -0.4 is 0 Å². The molecule has 0 radical (unpaired) electrons. The van der Waals surface area contributed by atoms with Crippen molar-refractivity contribution in [3.8, 4) is 0 Å². The van der Waals surface area contributed by atoms with E-state index in [-0.39, 0.29) is 5.82 Å². The van der Waals surface area contributed by atoms with Gasteiger partial charge in [0.15, 0.2) is 0 Å². The van der Waals surface area contributed by atoms with Crippen LogP contribution in [0.1, 0.15) is 41.3 Å². The quantitative estimate of drug-likeness (QED) is 0.319. The summed E-state index contributed by atoms with van der Waals surface area (Å²) < 4.78 is 18.8. The average Bonchev–Trinajstić information content (AvgIpc) is 3.17. The predicted octanol–water partition coefficient (Wildman–Crippen LogP) is 5.95. The molecule has 27 heavy (non-hydrogen) atoms. The first-order chi connectivity index (χ1) is 13.1. The van der Waals surface area contributed by atoms with E-state index in [1.807, 2.05) is 6.07 Å². The van der Waals surface area contributed by atoms with Gasteiger partial charge in [-0.15, -0.1) is 11.3 Å². The molecule has 0 bridgehead atoms. The van der Waals surface area contributed by atoms with E-state index in [1.54, 1.807) is 30.7 Å². The summed E-state index contributed by atoms with van der Waals surface area (Å²) in [7, 11) is 1.66. The van der Waals surface area contributed by atoms with E-state index < -0.39 is 0 Å². The van der Waals surface area contributed by atoms with Gasteiger partial charge >= 0.3 is 0 Å². The van der Waals surface area contributed by atoms with Crippen LogP contribution in [0.25, 0.3) is 17.2 Å². The van der Waals surface area contributed by atoms with Gasteiger partial charge in [-0.25, -0.2) is 4.39 Å². The molecule has 0 saturated carbocycles. The molecule has 0 saturated heterocycles. The first kappa shape index (κ1) is 19.5. The second kappa shape index (κ2) is 9.11. The third kappa shape index (κ3) is 4.73. The van der Waals surface area contributed by atoms with Gasteiger partial charge in [-0.3, -0.25) is 0 Å². The molecule has 3 rings (SSSR count). The van der Waals surface area contributed by atoms with E-state index in [0.717, 1.165) is 28.7 Å². The highest BCUT2D eigenvalue weighted by Crippen LogP contribution is 2.44. The number of oxime groups is 1. The Kier molecular flexibility index (Phi) is 6.58. The zero-order valence-electron chi connectivity index (χ0n) is 15.9. The van der Waals surface area contributed by atoms with Crippen molar-refractivity contribution < 1.29 is 14.0 Å². The largest absolute Gasteiger partial charge is 0.396 e. The lowest BCUT2D eigenvalue weighted by atomic mass is 10.0. The SMILES string of the molecule is COCCC=NOCCC1=C(C)C(=Cc2cc(C)cs2)c2ccc(F)cc21. The fourth-order valence-electron chi connectivity index (χ4n) is 3.22. The summed E-state index contributed by atoms with van der Waals surface area (Å²) in [4.78, 5) is 6.57. The van der Waals surface area contributed by atoms with E-state index in [2.05, 4.69) is 36.5 Å². The zero-order valence-corrected chi connectivity index (χ0v) is 16.7. The molecule has 0 spiro atoms. The molecule has 1 aromatic carbocycles. The third-order valence-corrected chi connectivity index (χ3v) is 5.53. The lowest BCUT2D eigenvalue weighted by Crippen LogP contribution is -1.94. The maximum absolute atomic E-state index is 13.9. The molecule has 2 aromatic rings. The van der Waals surface area contributed by atoms with Crippen molar-refractivity contribution in [1.29, 1.82) is 0 Å². The smallest absolute Gasteiger partial charge is 0.123 e. The Morgan fingerprint density at radius 1 is 1.15 bits per heavy atom. The summed E-state index contributed by atoms with van der Waals surface area (Å²) >= 11 is 1.72. The van der Waals surface area contributed by atoms with Crippen LogP contribution in [0.2, 0.25) is 0 Å². The van der Waals surface area contributed by atoms with Crippen LogP contribution in [-0.4, -0.2) is 26.5 Å². The molecule has 5 heteroatoms. The summed E-state index contributed by atoms with van der Waals surface area (Å²) in [5, 5.41) is 6.08. The first-order valence-corrected chi connectivity index (χ1v) is 9.88. The molecule has 3 nitrogen and oxygen atoms in total. The number of hydrogen-bond acceptors (Lipinski definition) is 4. The van der Waals surface area contributed by atoms with Crippen LogP contribution in [0, 0.1) is 12.7 Å². The molecule has 0 fully saturated rings. The molecule has 142 valence electrons. The molecular formula is C22H24FNO2S. The van der Waals surface area contributed by atoms with E-state index in [0.29, 0.717) is 19.6 Å². The maximum Gasteiger partial charge on any atom is 0.123 e. The molecule has 0 amide bonds. The van der Waals surface area contributed by atoms with Crippen molar-refractivity contribution in [2.75, 3.05) is 20.3 Å². The highest BCUT2D eigenvalue weighted by Gasteiger charge is 2.24. The molecule has 0 unspecified atom stereocenters. The van der Waals surface area contributed by atoms with Gasteiger partial charge in [0, 0.05) is 31.0 Å². The Balaban J connectivity index is 1.80. The maximum atomic E-state index is 13.9. The first-order valence-electron chi connectivity index (χ1n) is 9.00. The molecule has 1 aliphatic carbocycles. The molecule has 1 aliphatic rings. The number of hydrogen-bond donors (Lipinski definition) is 0. The van der Waals surface area contributed by atoms with Crippen LogP contribution in [0.5, 0.6) is 0 Å². The van der Waals surface area contributed by atoms with Crippen LogP contribution in [0.15, 0.2) is 40.4 Å². The van der Waals surface area contributed by atoms with E-state index in [1.165, 1.54) is 22.1 Å². The van der Waals surface area contributed by atoms with Gasteiger partial charge in [0.1, 0.15) is 12.4 Å². The minimum absolute atomic E-state index is 0.217. The van der Waals surface area contributed by atoms with E-state index >= 15 is 0 Å². The highest BCUT2D eigenvalue weighted by atomic mass is 32.1. The van der Waals surface area contributed by atoms with Crippen molar-refractivity contribution in [2.24, 2.45) is 5.16 Å². The van der Waals surface area contributed by atoms with Crippen molar-refractivity contribution in [1.82, 2.24) is 0 Å². The standard InChI is InChI=1S/C22H24FNO2S/c1-15-11-18(27-14-15)13-21-16(2)19(7-10-26-24-8-4-9-25-3)22-12-17(23)5-6-20(21)22/h5-6,8,11-14H,4,7,9-10H2,1-3H3. The van der Waals surface area contributed by atoms with Gasteiger partial charge in [-0.1, -0.05) is 11.2 Å². The number of methoxy groups -OCH3 is 1. The molecule has 0 atom stereocenters. The molecular weight excluding hydrogens is 361 g/mol. The lowest BCUT2D eigenvalue weighted by molar-refractivity contribution is 0.150. The summed E-state index contributed by atoms with van der Waals surface area (Å²) in [6, 6.07) is 7.19. The van der Waals surface area contributed by atoms with Crippen LogP contribution in [0.3, 0.4) is 0 Å². The predicted molar refractivity (Wildman–Crippen MR) is 111 cm³/mol. The lowest BCUT2D eigenvalue weighted by Gasteiger charge is -2.06. The number of thiophene rings is 1. The summed E-state index contributed by atoms with van der Waals surface area (Å²) in [6.07, 6.45) is 5.31. The Morgan fingerprint density at radius 2 is 2.00 bits per heavy atom. The molecule has 1 aromatic heterocycles. The monoisotopic (exact) mass is 385 g/mol. The summed E-state index contributed by atoms with van der Waals surface area (Å²) in [6.45, 7) is 5.27. The fourth-order valence-corrected chi connectivity index (χ4v) is 4.05. The molecule has 0 aliphatic heterocycles. The number of benzene rings is 1. The number of rotatable bonds is 8. The summed E-state index contributed by atoms with van der Waals surface area (Å²) in [5.74, 6) is -0.217. The number of halogens is 1. The zero-order chi connectivity index (χ0) is 19.2. The fraction of sp³-hybridized carbons (Fsp3) is 0.318. The summed E-state index contributed by atoms with van der Waals surface area (Å²) in [5.41, 5.74) is 6.75. The topological polar surface area (TPSA) is 30.8 Å². The van der Waals surface area contributed by atoms with Crippen LogP contribution in [-0.2, 0) is 9.57 Å². The van der Waals surface area contributed by atoms with Gasteiger partial charge in [0.2, 0.25) is 0 Å². The van der Waals surface area contributed by atoms with Gasteiger partial charge in [-0.05, 0) is 76.9 Å². The number of aryl methyl sites for hydroxylation is 1. The van der Waals surface area contributed by atoms with Gasteiger partial charge in [-0.2, -0.15) is 0 Å². The van der Waals surface area contributed by atoms with Gasteiger partial charge in [0.05, 0.1) is 6.61 Å². The normalized spacial score (nSPS) is 15.2. The van der Waals surface area contributed by atoms with E-state index in [4.69, 9.17) is 9.57 Å². The van der Waals surface area contributed by atoms with Crippen LogP contribution >= 0.6 is 11.3 Å². The van der Waals surface area contributed by atoms with Crippen LogP contribution in [0.4, 0.5) is 4.39 Å². The molecule has 1 heterocycles. The van der Waals surface area contributed by atoms with Crippen molar-refractivity contribution >= 4 is 34.8 Å². The second-order valence-corrected chi connectivity index (χ2v) is 7.47. The van der Waals surface area contributed by atoms with Crippen molar-refractivity contribution in [3.63, 3.8) is 0 Å². The Morgan fingerprint density at radius 3 is 2.74 bits per heavy atom. The average molecular weight is 386 g/mol. The second-order valence-electron chi connectivity index (χ2n) is 6.53. The number of allylic oxidation sites excluding steroid dienone is 2. The number of nitrogens with zero attached hydrogens (tertiary/aromatic N) is 1. The highest BCUT2D eigenvalue weighted by molar-refractivity contribution is 7.11. The molecule has 0 N–H and O–H groups in total. The van der Waals surface area contributed by atoms with Crippen molar-refractivity contribution in [2.45, 2.75) is 26.7 Å². The Bertz CT molecular complexity index is 895.